The van der Waals surface area contributed by atoms with Crippen LogP contribution in [-0.2, 0) is 4.79 Å². The number of amides is 2. The summed E-state index contributed by atoms with van der Waals surface area (Å²) in [6.45, 7) is 10.5. The van der Waals surface area contributed by atoms with Crippen molar-refractivity contribution in [1.29, 1.82) is 0 Å². The van der Waals surface area contributed by atoms with Crippen molar-refractivity contribution < 1.29 is 19.1 Å². The number of benzene rings is 2. The summed E-state index contributed by atoms with van der Waals surface area (Å²) in [5, 5.41) is 2.49. The van der Waals surface area contributed by atoms with Crippen molar-refractivity contribution in [2.45, 2.75) is 40.5 Å². The van der Waals surface area contributed by atoms with Crippen LogP contribution in [0.25, 0.3) is 0 Å². The molecule has 0 aromatic heterocycles. The average molecular weight is 458 g/mol. The molecule has 0 aliphatic rings. The Labute approximate surface area is 194 Å². The maximum absolute atomic E-state index is 12.4. The number of carbonyl (C=O) groups is 2. The van der Waals surface area contributed by atoms with E-state index in [2.05, 4.69) is 30.0 Å². The molecule has 0 heterocycles. The molecule has 2 aromatic rings. The molecule has 0 saturated carbocycles. The maximum Gasteiger partial charge on any atom is 0.276 e. The molecular formula is C24H31N3O4S. The maximum atomic E-state index is 12.4. The quantitative estimate of drug-likeness (QED) is 0.412. The van der Waals surface area contributed by atoms with Crippen LogP contribution in [0.4, 0.5) is 0 Å². The Morgan fingerprint density at radius 3 is 2.44 bits per heavy atom. The molecule has 3 N–H and O–H groups in total. The van der Waals surface area contributed by atoms with Crippen LogP contribution in [-0.4, -0.2) is 30.1 Å². The van der Waals surface area contributed by atoms with Crippen LogP contribution in [0, 0.1) is 12.8 Å². The van der Waals surface area contributed by atoms with Gasteiger partial charge in [-0.1, -0.05) is 45.9 Å². The number of hydrogen-bond donors (Lipinski definition) is 3. The summed E-state index contributed by atoms with van der Waals surface area (Å²) in [6, 6.07) is 12.7. The largest absolute Gasteiger partial charge is 0.493 e. The second-order valence-electron chi connectivity index (χ2n) is 8.17. The van der Waals surface area contributed by atoms with Crippen molar-refractivity contribution in [2.24, 2.45) is 5.92 Å². The minimum Gasteiger partial charge on any atom is -0.493 e. The summed E-state index contributed by atoms with van der Waals surface area (Å²) in [4.78, 5) is 24.5. The van der Waals surface area contributed by atoms with E-state index in [0.717, 1.165) is 11.1 Å². The van der Waals surface area contributed by atoms with Gasteiger partial charge in [0.25, 0.3) is 11.8 Å². The molecule has 0 unspecified atom stereocenters. The highest BCUT2D eigenvalue weighted by atomic mass is 32.1. The number of carbonyl (C=O) groups excluding carboxylic acids is 2. The van der Waals surface area contributed by atoms with Crippen molar-refractivity contribution >= 4 is 29.1 Å². The minimum absolute atomic E-state index is 0.0322. The highest BCUT2D eigenvalue weighted by Crippen LogP contribution is 2.27. The van der Waals surface area contributed by atoms with Crippen molar-refractivity contribution in [3.05, 3.63) is 59.2 Å². The fraction of sp³-hybridized carbons (Fsp3) is 0.375. The number of aryl methyl sites for hydroxylation is 1. The standard InChI is InChI=1S/C24H31N3O4S/c1-15(2)13-30-19-8-6-7-18(12-19)23(29)25-24(32)27-26-22(28)14-31-21-11-17(5)9-10-20(21)16(3)4/h6-12,15-16H,13-14H2,1-5H3,(H,26,28)(H2,25,27,29,32). The smallest absolute Gasteiger partial charge is 0.276 e. The zero-order valence-corrected chi connectivity index (χ0v) is 20.0. The Balaban J connectivity index is 1.82. The van der Waals surface area contributed by atoms with E-state index in [1.807, 2.05) is 39.0 Å². The van der Waals surface area contributed by atoms with Gasteiger partial charge in [-0.05, 0) is 66.4 Å². The van der Waals surface area contributed by atoms with Gasteiger partial charge in [-0.3, -0.25) is 25.8 Å². The minimum atomic E-state index is -0.429. The molecule has 2 aromatic carbocycles. The first-order valence-corrected chi connectivity index (χ1v) is 10.9. The van der Waals surface area contributed by atoms with Crippen LogP contribution in [0.2, 0.25) is 0 Å². The topological polar surface area (TPSA) is 88.7 Å². The normalized spacial score (nSPS) is 10.6. The molecule has 0 bridgehead atoms. The lowest BCUT2D eigenvalue weighted by Crippen LogP contribution is -2.49. The number of hydrazine groups is 1. The SMILES string of the molecule is Cc1ccc(C(C)C)c(OCC(=O)NNC(=S)NC(=O)c2cccc(OCC(C)C)c2)c1. The molecule has 0 saturated heterocycles. The molecule has 172 valence electrons. The van der Waals surface area contributed by atoms with E-state index in [0.29, 0.717) is 29.6 Å². The van der Waals surface area contributed by atoms with Crippen molar-refractivity contribution in [1.82, 2.24) is 16.2 Å². The van der Waals surface area contributed by atoms with Crippen LogP contribution in [0.1, 0.15) is 55.1 Å². The lowest BCUT2D eigenvalue weighted by molar-refractivity contribution is -0.123. The predicted molar refractivity (Wildman–Crippen MR) is 129 cm³/mol. The highest BCUT2D eigenvalue weighted by Gasteiger charge is 2.12. The van der Waals surface area contributed by atoms with Gasteiger partial charge in [0.2, 0.25) is 0 Å². The summed E-state index contributed by atoms with van der Waals surface area (Å²) < 4.78 is 11.3. The fourth-order valence-electron chi connectivity index (χ4n) is 2.75. The lowest BCUT2D eigenvalue weighted by atomic mass is 10.0. The Morgan fingerprint density at radius 1 is 1.00 bits per heavy atom. The summed E-state index contributed by atoms with van der Waals surface area (Å²) in [6.07, 6.45) is 0. The van der Waals surface area contributed by atoms with Gasteiger partial charge in [-0.2, -0.15) is 0 Å². The summed E-state index contributed by atoms with van der Waals surface area (Å²) >= 11 is 5.09. The first-order chi connectivity index (χ1) is 15.2. The van der Waals surface area contributed by atoms with E-state index in [1.165, 1.54) is 0 Å². The van der Waals surface area contributed by atoms with Crippen LogP contribution >= 0.6 is 12.2 Å². The number of rotatable bonds is 8. The lowest BCUT2D eigenvalue weighted by Gasteiger charge is -2.15. The second-order valence-corrected chi connectivity index (χ2v) is 8.58. The van der Waals surface area contributed by atoms with Crippen LogP contribution in [0.15, 0.2) is 42.5 Å². The van der Waals surface area contributed by atoms with E-state index < -0.39 is 11.8 Å². The summed E-state index contributed by atoms with van der Waals surface area (Å²) in [7, 11) is 0. The van der Waals surface area contributed by atoms with Crippen molar-refractivity contribution in [2.75, 3.05) is 13.2 Å². The van der Waals surface area contributed by atoms with Crippen LogP contribution in [0.5, 0.6) is 11.5 Å². The average Bonchev–Trinajstić information content (AvgIpc) is 2.74. The Bertz CT molecular complexity index is 960. The van der Waals surface area contributed by atoms with Gasteiger partial charge in [0.15, 0.2) is 11.7 Å². The zero-order chi connectivity index (χ0) is 23.7. The van der Waals surface area contributed by atoms with Gasteiger partial charge >= 0.3 is 0 Å². The molecule has 7 nitrogen and oxygen atoms in total. The zero-order valence-electron chi connectivity index (χ0n) is 19.2. The molecule has 2 amide bonds. The number of thiocarbonyl (C=S) groups is 1. The third-order valence-corrected chi connectivity index (χ3v) is 4.58. The van der Waals surface area contributed by atoms with Gasteiger partial charge in [0.1, 0.15) is 11.5 Å². The highest BCUT2D eigenvalue weighted by molar-refractivity contribution is 7.80. The number of ether oxygens (including phenoxy) is 2. The monoisotopic (exact) mass is 457 g/mol. The first-order valence-electron chi connectivity index (χ1n) is 10.5. The summed E-state index contributed by atoms with van der Waals surface area (Å²) in [5.41, 5.74) is 7.40. The molecule has 32 heavy (non-hydrogen) atoms. The van der Waals surface area contributed by atoms with Crippen LogP contribution < -0.4 is 25.6 Å². The Kier molecular flexibility index (Phi) is 9.46. The molecular weight excluding hydrogens is 426 g/mol. The molecule has 0 aliphatic heterocycles. The van der Waals surface area contributed by atoms with E-state index in [4.69, 9.17) is 21.7 Å². The van der Waals surface area contributed by atoms with Gasteiger partial charge in [0.05, 0.1) is 6.61 Å². The molecule has 8 heteroatoms. The van der Waals surface area contributed by atoms with E-state index in [1.54, 1.807) is 24.3 Å². The van der Waals surface area contributed by atoms with Crippen molar-refractivity contribution in [3.8, 4) is 11.5 Å². The van der Waals surface area contributed by atoms with Gasteiger partial charge in [-0.15, -0.1) is 0 Å². The summed E-state index contributed by atoms with van der Waals surface area (Å²) in [5.74, 6) is 1.08. The van der Waals surface area contributed by atoms with Gasteiger partial charge < -0.3 is 9.47 Å². The molecule has 0 fully saturated rings. The second kappa shape index (κ2) is 12.0. The molecule has 0 radical (unpaired) electrons. The van der Waals surface area contributed by atoms with Gasteiger partial charge in [0, 0.05) is 5.56 Å². The molecule has 0 aliphatic carbocycles. The van der Waals surface area contributed by atoms with Crippen LogP contribution in [0.3, 0.4) is 0 Å². The Morgan fingerprint density at radius 2 is 1.75 bits per heavy atom. The van der Waals surface area contributed by atoms with Crippen molar-refractivity contribution in [3.63, 3.8) is 0 Å². The van der Waals surface area contributed by atoms with E-state index in [-0.39, 0.29) is 17.6 Å². The number of nitrogens with one attached hydrogen (secondary N) is 3. The van der Waals surface area contributed by atoms with E-state index >= 15 is 0 Å². The van der Waals surface area contributed by atoms with E-state index in [9.17, 15) is 9.59 Å². The van der Waals surface area contributed by atoms with Gasteiger partial charge in [-0.25, -0.2) is 0 Å². The third kappa shape index (κ3) is 8.19. The molecule has 0 spiro atoms. The predicted octanol–water partition coefficient (Wildman–Crippen LogP) is 3.87. The Hall–Kier alpha value is -3.13. The molecule has 0 atom stereocenters. The first kappa shape index (κ1) is 25.1. The molecule has 2 rings (SSSR count). The third-order valence-electron chi connectivity index (χ3n) is 4.37. The fourth-order valence-corrected chi connectivity index (χ4v) is 2.89. The number of hydrogen-bond acceptors (Lipinski definition) is 5.